The van der Waals surface area contributed by atoms with Crippen LogP contribution in [0.2, 0.25) is 0 Å². The lowest BCUT2D eigenvalue weighted by atomic mass is 9.91. The summed E-state index contributed by atoms with van der Waals surface area (Å²) < 4.78 is 0. The zero-order valence-electron chi connectivity index (χ0n) is 13.5. The molecule has 0 heterocycles. The van der Waals surface area contributed by atoms with Gasteiger partial charge in [-0.1, -0.05) is 55.3 Å². The molecule has 3 nitrogen and oxygen atoms in total. The zero-order valence-corrected chi connectivity index (χ0v) is 13.5. The maximum absolute atomic E-state index is 12.7. The molecule has 1 saturated carbocycles. The molecular formula is C20H23NO2. The SMILES string of the molecule is CN(C(=O)c1ccc(-c2ccccc2)cc1)C1CCCCC1O. The molecule has 1 fully saturated rings. The van der Waals surface area contributed by atoms with E-state index >= 15 is 0 Å². The van der Waals surface area contributed by atoms with Gasteiger partial charge in [0.05, 0.1) is 12.1 Å². The number of likely N-dealkylation sites (N-methyl/N-ethyl adjacent to an activating group) is 1. The number of amides is 1. The van der Waals surface area contributed by atoms with Crippen LogP contribution in [0.25, 0.3) is 11.1 Å². The summed E-state index contributed by atoms with van der Waals surface area (Å²) in [4.78, 5) is 14.4. The molecule has 1 amide bonds. The van der Waals surface area contributed by atoms with E-state index in [2.05, 4.69) is 12.1 Å². The summed E-state index contributed by atoms with van der Waals surface area (Å²) in [6.07, 6.45) is 3.39. The van der Waals surface area contributed by atoms with Gasteiger partial charge in [0.1, 0.15) is 0 Å². The second-order valence-corrected chi connectivity index (χ2v) is 6.28. The number of nitrogens with zero attached hydrogens (tertiary/aromatic N) is 1. The van der Waals surface area contributed by atoms with E-state index in [1.165, 1.54) is 0 Å². The van der Waals surface area contributed by atoms with Crippen molar-refractivity contribution in [2.24, 2.45) is 0 Å². The van der Waals surface area contributed by atoms with Gasteiger partial charge in [0.2, 0.25) is 0 Å². The normalized spacial score (nSPS) is 21.0. The maximum atomic E-state index is 12.7. The van der Waals surface area contributed by atoms with Gasteiger partial charge >= 0.3 is 0 Å². The highest BCUT2D eigenvalue weighted by Crippen LogP contribution is 2.24. The molecule has 0 aliphatic heterocycles. The van der Waals surface area contributed by atoms with Gasteiger partial charge in [-0.25, -0.2) is 0 Å². The van der Waals surface area contributed by atoms with Crippen LogP contribution in [0.3, 0.4) is 0 Å². The molecule has 3 rings (SSSR count). The van der Waals surface area contributed by atoms with Crippen molar-refractivity contribution in [2.45, 2.75) is 37.8 Å². The van der Waals surface area contributed by atoms with E-state index < -0.39 is 6.10 Å². The highest BCUT2D eigenvalue weighted by atomic mass is 16.3. The van der Waals surface area contributed by atoms with Gasteiger partial charge < -0.3 is 10.0 Å². The molecule has 120 valence electrons. The lowest BCUT2D eigenvalue weighted by molar-refractivity contribution is 0.0268. The average Bonchev–Trinajstić information content (AvgIpc) is 2.62. The van der Waals surface area contributed by atoms with Gasteiger partial charge in [-0.15, -0.1) is 0 Å². The van der Waals surface area contributed by atoms with Gasteiger partial charge in [-0.3, -0.25) is 4.79 Å². The van der Waals surface area contributed by atoms with Crippen LogP contribution >= 0.6 is 0 Å². The topological polar surface area (TPSA) is 40.5 Å². The Morgan fingerprint density at radius 1 is 0.957 bits per heavy atom. The summed E-state index contributed by atoms with van der Waals surface area (Å²) in [6, 6.07) is 17.8. The van der Waals surface area contributed by atoms with E-state index in [9.17, 15) is 9.90 Å². The van der Waals surface area contributed by atoms with Crippen LogP contribution in [0.1, 0.15) is 36.0 Å². The van der Waals surface area contributed by atoms with Gasteiger partial charge in [0.25, 0.3) is 5.91 Å². The molecule has 0 spiro atoms. The smallest absolute Gasteiger partial charge is 0.253 e. The maximum Gasteiger partial charge on any atom is 0.253 e. The van der Waals surface area contributed by atoms with Crippen LogP contribution in [0.5, 0.6) is 0 Å². The first-order chi connectivity index (χ1) is 11.2. The van der Waals surface area contributed by atoms with E-state index in [1.54, 1.807) is 11.9 Å². The molecular weight excluding hydrogens is 286 g/mol. The van der Waals surface area contributed by atoms with Crippen molar-refractivity contribution < 1.29 is 9.90 Å². The molecule has 0 bridgehead atoms. The third-order valence-electron chi connectivity index (χ3n) is 4.75. The second-order valence-electron chi connectivity index (χ2n) is 6.28. The number of rotatable bonds is 3. The fourth-order valence-electron chi connectivity index (χ4n) is 3.33. The fourth-order valence-corrected chi connectivity index (χ4v) is 3.33. The summed E-state index contributed by atoms with van der Waals surface area (Å²) >= 11 is 0. The second kappa shape index (κ2) is 6.97. The molecule has 23 heavy (non-hydrogen) atoms. The molecule has 1 N–H and O–H groups in total. The van der Waals surface area contributed by atoms with E-state index in [-0.39, 0.29) is 11.9 Å². The summed E-state index contributed by atoms with van der Waals surface area (Å²) in [7, 11) is 1.80. The Morgan fingerprint density at radius 2 is 1.57 bits per heavy atom. The van der Waals surface area contributed by atoms with Crippen LogP contribution in [0.15, 0.2) is 54.6 Å². The lowest BCUT2D eigenvalue weighted by Gasteiger charge is -2.35. The highest BCUT2D eigenvalue weighted by Gasteiger charge is 2.29. The molecule has 0 saturated heterocycles. The number of hydrogen-bond donors (Lipinski definition) is 1. The quantitative estimate of drug-likeness (QED) is 0.938. The highest BCUT2D eigenvalue weighted by molar-refractivity contribution is 5.94. The standard InChI is InChI=1S/C20H23NO2/c1-21(18-9-5-6-10-19(18)22)20(23)17-13-11-16(12-14-17)15-7-3-2-4-8-15/h2-4,7-8,11-14,18-19,22H,5-6,9-10H2,1H3. The number of benzene rings is 2. The minimum atomic E-state index is -0.402. The average molecular weight is 309 g/mol. The first-order valence-electron chi connectivity index (χ1n) is 8.27. The van der Waals surface area contributed by atoms with E-state index in [1.807, 2.05) is 42.5 Å². The molecule has 1 aliphatic rings. The Balaban J connectivity index is 1.75. The Morgan fingerprint density at radius 3 is 2.22 bits per heavy atom. The van der Waals surface area contributed by atoms with Crippen molar-refractivity contribution in [1.29, 1.82) is 0 Å². The predicted octanol–water partition coefficient (Wildman–Crippen LogP) is 3.73. The Bertz CT molecular complexity index is 651. The first-order valence-corrected chi connectivity index (χ1v) is 8.27. The Labute approximate surface area is 137 Å². The molecule has 2 unspecified atom stereocenters. The molecule has 2 atom stereocenters. The number of carbonyl (C=O) groups is 1. The van der Waals surface area contributed by atoms with Crippen molar-refractivity contribution in [3.8, 4) is 11.1 Å². The minimum absolute atomic E-state index is 0.0180. The number of aliphatic hydroxyl groups excluding tert-OH is 1. The van der Waals surface area contributed by atoms with Crippen molar-refractivity contribution in [2.75, 3.05) is 7.05 Å². The van der Waals surface area contributed by atoms with Crippen molar-refractivity contribution in [3.05, 3.63) is 60.2 Å². The number of hydrogen-bond acceptors (Lipinski definition) is 2. The summed E-state index contributed by atoms with van der Waals surface area (Å²) in [5, 5.41) is 10.1. The van der Waals surface area contributed by atoms with Crippen LogP contribution in [0.4, 0.5) is 0 Å². The van der Waals surface area contributed by atoms with Crippen LogP contribution in [-0.4, -0.2) is 35.1 Å². The monoisotopic (exact) mass is 309 g/mol. The van der Waals surface area contributed by atoms with Gasteiger partial charge in [0, 0.05) is 12.6 Å². The lowest BCUT2D eigenvalue weighted by Crippen LogP contribution is -2.46. The van der Waals surface area contributed by atoms with Crippen LogP contribution in [-0.2, 0) is 0 Å². The largest absolute Gasteiger partial charge is 0.391 e. The number of aliphatic hydroxyl groups is 1. The van der Waals surface area contributed by atoms with Crippen LogP contribution in [0, 0.1) is 0 Å². The van der Waals surface area contributed by atoms with Gasteiger partial charge in [-0.05, 0) is 36.1 Å². The van der Waals surface area contributed by atoms with Crippen molar-refractivity contribution in [1.82, 2.24) is 4.90 Å². The Hall–Kier alpha value is -2.13. The molecule has 1 aliphatic carbocycles. The van der Waals surface area contributed by atoms with Crippen LogP contribution < -0.4 is 0 Å². The minimum Gasteiger partial charge on any atom is -0.391 e. The molecule has 2 aromatic rings. The third kappa shape index (κ3) is 3.45. The summed E-state index contributed by atoms with van der Waals surface area (Å²) in [6.45, 7) is 0. The molecule has 0 aromatic heterocycles. The van der Waals surface area contributed by atoms with Gasteiger partial charge in [0.15, 0.2) is 0 Å². The summed E-state index contributed by atoms with van der Waals surface area (Å²) in [5.41, 5.74) is 2.91. The third-order valence-corrected chi connectivity index (χ3v) is 4.75. The predicted molar refractivity (Wildman–Crippen MR) is 92.2 cm³/mol. The molecule has 2 aromatic carbocycles. The first kappa shape index (κ1) is 15.8. The van der Waals surface area contributed by atoms with E-state index in [0.29, 0.717) is 5.56 Å². The fraction of sp³-hybridized carbons (Fsp3) is 0.350. The Kier molecular flexibility index (Phi) is 4.77. The summed E-state index contributed by atoms with van der Waals surface area (Å²) in [5.74, 6) is -0.0180. The van der Waals surface area contributed by atoms with E-state index in [0.717, 1.165) is 36.8 Å². The van der Waals surface area contributed by atoms with Crippen molar-refractivity contribution >= 4 is 5.91 Å². The van der Waals surface area contributed by atoms with E-state index in [4.69, 9.17) is 0 Å². The zero-order chi connectivity index (χ0) is 16.2. The molecule has 0 radical (unpaired) electrons. The molecule has 3 heteroatoms. The van der Waals surface area contributed by atoms with Gasteiger partial charge in [-0.2, -0.15) is 0 Å². The van der Waals surface area contributed by atoms with Crippen molar-refractivity contribution in [3.63, 3.8) is 0 Å². The number of carbonyl (C=O) groups excluding carboxylic acids is 1.